The maximum absolute atomic E-state index is 6.01. The molecule has 170 valence electrons. The van der Waals surface area contributed by atoms with Crippen LogP contribution in [0.5, 0.6) is 23.0 Å². The van der Waals surface area contributed by atoms with Gasteiger partial charge in [0.15, 0.2) is 23.0 Å². The zero-order chi connectivity index (χ0) is 21.7. The Morgan fingerprint density at radius 1 is 0.645 bits per heavy atom. The van der Waals surface area contributed by atoms with Gasteiger partial charge in [-0.25, -0.2) is 0 Å². The molecule has 6 heteroatoms. The van der Waals surface area contributed by atoms with Gasteiger partial charge in [-0.2, -0.15) is 0 Å². The van der Waals surface area contributed by atoms with Gasteiger partial charge in [0.25, 0.3) is 0 Å². The molecule has 1 aliphatic heterocycles. The third-order valence-corrected chi connectivity index (χ3v) is 5.05. The quantitative estimate of drug-likeness (QED) is 0.694. The Morgan fingerprint density at radius 3 is 1.65 bits per heavy atom. The van der Waals surface area contributed by atoms with E-state index in [4.69, 9.17) is 28.4 Å². The van der Waals surface area contributed by atoms with Gasteiger partial charge >= 0.3 is 0 Å². The number of benzene rings is 2. The molecule has 6 nitrogen and oxygen atoms in total. The Balaban J connectivity index is 1.61. The normalized spacial score (nSPS) is 17.2. The second-order valence-electron chi connectivity index (χ2n) is 7.46. The number of fused-ring (bicyclic) bond motifs is 2. The fourth-order valence-electron chi connectivity index (χ4n) is 3.40. The monoisotopic (exact) mass is 430 g/mol. The van der Waals surface area contributed by atoms with Gasteiger partial charge in [0, 0.05) is 0 Å². The molecular formula is C25H34O6. The van der Waals surface area contributed by atoms with E-state index in [0.29, 0.717) is 70.3 Å². The van der Waals surface area contributed by atoms with Gasteiger partial charge in [-0.3, -0.25) is 0 Å². The van der Waals surface area contributed by atoms with Crippen molar-refractivity contribution in [1.29, 1.82) is 0 Å². The lowest BCUT2D eigenvalue weighted by Crippen LogP contribution is -2.15. The Kier molecular flexibility index (Phi) is 9.80. The summed E-state index contributed by atoms with van der Waals surface area (Å²) in [6.45, 7) is 8.09. The van der Waals surface area contributed by atoms with Gasteiger partial charge in [0.2, 0.25) is 0 Å². The van der Waals surface area contributed by atoms with E-state index in [2.05, 4.69) is 26.0 Å². The lowest BCUT2D eigenvalue weighted by molar-refractivity contribution is 0.0640. The van der Waals surface area contributed by atoms with E-state index in [-0.39, 0.29) is 0 Å². The summed E-state index contributed by atoms with van der Waals surface area (Å²) < 4.78 is 34.9. The van der Waals surface area contributed by atoms with Crippen LogP contribution in [0, 0.1) is 0 Å². The van der Waals surface area contributed by atoms with E-state index in [1.165, 1.54) is 5.56 Å². The van der Waals surface area contributed by atoms with Crippen LogP contribution in [0.2, 0.25) is 0 Å². The summed E-state index contributed by atoms with van der Waals surface area (Å²) in [6, 6.07) is 13.8. The van der Waals surface area contributed by atoms with Crippen LogP contribution in [-0.2, 0) is 9.47 Å². The summed E-state index contributed by atoms with van der Waals surface area (Å²) in [5, 5.41) is 0. The van der Waals surface area contributed by atoms with Crippen molar-refractivity contribution in [3.05, 3.63) is 48.0 Å². The predicted octanol–water partition coefficient (Wildman–Crippen LogP) is 4.85. The standard InChI is InChI=1S/C25H34O6/c1-3-6-20(2)21-9-10-24-25(19-21)31-18-14-27-12-16-29-23-8-5-4-7-22(23)28-15-11-26-13-17-30-24/h4-5,7-10,19-20H,3,6,11-18H2,1-2H3. The van der Waals surface area contributed by atoms with Crippen LogP contribution >= 0.6 is 0 Å². The fraction of sp³-hybridized carbons (Fsp3) is 0.520. The molecule has 0 spiro atoms. The van der Waals surface area contributed by atoms with Gasteiger partial charge in [-0.15, -0.1) is 0 Å². The van der Waals surface area contributed by atoms with Crippen LogP contribution in [0.4, 0.5) is 0 Å². The molecule has 2 aromatic carbocycles. The molecule has 0 aromatic heterocycles. The molecule has 3 rings (SSSR count). The van der Waals surface area contributed by atoms with Gasteiger partial charge in [0.05, 0.1) is 26.4 Å². The van der Waals surface area contributed by atoms with E-state index >= 15 is 0 Å². The van der Waals surface area contributed by atoms with E-state index in [0.717, 1.165) is 24.3 Å². The minimum Gasteiger partial charge on any atom is -0.487 e. The first-order chi connectivity index (χ1) is 15.3. The van der Waals surface area contributed by atoms with Gasteiger partial charge in [0.1, 0.15) is 26.4 Å². The Labute approximate surface area is 185 Å². The third-order valence-electron chi connectivity index (χ3n) is 5.05. The van der Waals surface area contributed by atoms with Gasteiger partial charge in [-0.1, -0.05) is 38.5 Å². The minimum absolute atomic E-state index is 0.440. The van der Waals surface area contributed by atoms with Crippen molar-refractivity contribution in [1.82, 2.24) is 0 Å². The SMILES string of the molecule is CCCC(C)c1ccc2c(c1)OCCOCCOc1ccccc1OCCOCCO2. The van der Waals surface area contributed by atoms with E-state index < -0.39 is 0 Å². The number of para-hydroxylation sites is 2. The summed E-state index contributed by atoms with van der Waals surface area (Å²) in [4.78, 5) is 0. The van der Waals surface area contributed by atoms with Crippen molar-refractivity contribution in [3.8, 4) is 23.0 Å². The number of hydrogen-bond acceptors (Lipinski definition) is 6. The summed E-state index contributed by atoms with van der Waals surface area (Å²) >= 11 is 0. The number of ether oxygens (including phenoxy) is 6. The first kappa shape index (κ1) is 23.2. The van der Waals surface area contributed by atoms with Crippen LogP contribution in [-0.4, -0.2) is 52.9 Å². The maximum Gasteiger partial charge on any atom is 0.161 e. The van der Waals surface area contributed by atoms with Gasteiger partial charge in [-0.05, 0) is 42.2 Å². The lowest BCUT2D eigenvalue weighted by atomic mass is 9.96. The average Bonchev–Trinajstić information content (AvgIpc) is 2.78. The molecule has 2 aromatic rings. The fourth-order valence-corrected chi connectivity index (χ4v) is 3.40. The van der Waals surface area contributed by atoms with Crippen molar-refractivity contribution in [2.24, 2.45) is 0 Å². The smallest absolute Gasteiger partial charge is 0.161 e. The van der Waals surface area contributed by atoms with Crippen LogP contribution in [0.15, 0.2) is 42.5 Å². The van der Waals surface area contributed by atoms with Crippen molar-refractivity contribution >= 4 is 0 Å². The Morgan fingerprint density at radius 2 is 1.13 bits per heavy atom. The largest absolute Gasteiger partial charge is 0.487 e. The first-order valence-electron chi connectivity index (χ1n) is 11.2. The van der Waals surface area contributed by atoms with E-state index in [9.17, 15) is 0 Å². The average molecular weight is 431 g/mol. The Bertz CT molecular complexity index is 778. The first-order valence-corrected chi connectivity index (χ1v) is 11.2. The lowest BCUT2D eigenvalue weighted by Gasteiger charge is -2.17. The minimum atomic E-state index is 0.440. The summed E-state index contributed by atoms with van der Waals surface area (Å²) in [7, 11) is 0. The van der Waals surface area contributed by atoms with Crippen LogP contribution in [0.3, 0.4) is 0 Å². The molecule has 0 radical (unpaired) electrons. The van der Waals surface area contributed by atoms with Crippen LogP contribution < -0.4 is 18.9 Å². The highest BCUT2D eigenvalue weighted by molar-refractivity contribution is 5.44. The molecule has 0 saturated carbocycles. The topological polar surface area (TPSA) is 55.4 Å². The molecule has 0 amide bonds. The highest BCUT2D eigenvalue weighted by atomic mass is 16.6. The van der Waals surface area contributed by atoms with Crippen molar-refractivity contribution in [3.63, 3.8) is 0 Å². The highest BCUT2D eigenvalue weighted by Crippen LogP contribution is 2.32. The van der Waals surface area contributed by atoms with E-state index in [1.54, 1.807) is 0 Å². The molecule has 0 aliphatic carbocycles. The molecule has 1 heterocycles. The second kappa shape index (κ2) is 13.1. The molecule has 0 N–H and O–H groups in total. The molecule has 1 aliphatic rings. The summed E-state index contributed by atoms with van der Waals surface area (Å²) in [5.74, 6) is 3.36. The predicted molar refractivity (Wildman–Crippen MR) is 120 cm³/mol. The zero-order valence-corrected chi connectivity index (χ0v) is 18.6. The summed E-state index contributed by atoms with van der Waals surface area (Å²) in [5.41, 5.74) is 1.26. The zero-order valence-electron chi connectivity index (χ0n) is 18.6. The molecule has 31 heavy (non-hydrogen) atoms. The number of hydrogen-bond donors (Lipinski definition) is 0. The molecular weight excluding hydrogens is 396 g/mol. The maximum atomic E-state index is 6.01. The van der Waals surface area contributed by atoms with Crippen LogP contribution in [0.25, 0.3) is 0 Å². The molecule has 1 unspecified atom stereocenters. The van der Waals surface area contributed by atoms with Crippen molar-refractivity contribution in [2.45, 2.75) is 32.6 Å². The van der Waals surface area contributed by atoms with Gasteiger partial charge < -0.3 is 28.4 Å². The Hall–Kier alpha value is -2.44. The van der Waals surface area contributed by atoms with Crippen LogP contribution in [0.1, 0.15) is 38.2 Å². The van der Waals surface area contributed by atoms with Crippen molar-refractivity contribution in [2.75, 3.05) is 52.9 Å². The number of rotatable bonds is 3. The summed E-state index contributed by atoms with van der Waals surface area (Å²) in [6.07, 6.45) is 2.29. The molecule has 0 fully saturated rings. The highest BCUT2D eigenvalue weighted by Gasteiger charge is 2.12. The van der Waals surface area contributed by atoms with E-state index in [1.807, 2.05) is 30.3 Å². The molecule has 0 saturated heterocycles. The third kappa shape index (κ3) is 7.64. The second-order valence-corrected chi connectivity index (χ2v) is 7.46. The van der Waals surface area contributed by atoms with Crippen molar-refractivity contribution < 1.29 is 28.4 Å². The molecule has 1 atom stereocenters. The molecule has 0 bridgehead atoms.